The zero-order chi connectivity index (χ0) is 17.1. The molecule has 0 aliphatic heterocycles. The molecule has 25 heavy (non-hydrogen) atoms. The molecule has 0 aliphatic carbocycles. The molecule has 0 unspecified atom stereocenters. The van der Waals surface area contributed by atoms with Gasteiger partial charge < -0.3 is 11.5 Å². The van der Waals surface area contributed by atoms with Crippen LogP contribution in [0.5, 0.6) is 0 Å². The average Bonchev–Trinajstić information content (AvgIpc) is 2.63. The normalized spacial score (nSPS) is 11.7. The highest BCUT2D eigenvalue weighted by atomic mass is 14.6. The number of rotatable bonds is 1. The topological polar surface area (TPSA) is 52.0 Å². The van der Waals surface area contributed by atoms with Crippen LogP contribution in [0.25, 0.3) is 43.4 Å². The van der Waals surface area contributed by atoms with E-state index in [-0.39, 0.29) is 0 Å². The highest BCUT2D eigenvalue weighted by Crippen LogP contribution is 2.42. The Labute approximate surface area is 146 Å². The fraction of sp³-hybridized carbons (Fsp3) is 0.0435. The van der Waals surface area contributed by atoms with Gasteiger partial charge in [0.05, 0.1) is 0 Å². The van der Waals surface area contributed by atoms with Crippen molar-refractivity contribution in [3.05, 3.63) is 72.3 Å². The molecular weight excluding hydrogens is 304 g/mol. The van der Waals surface area contributed by atoms with Crippen LogP contribution in [0.3, 0.4) is 0 Å². The minimum Gasteiger partial charge on any atom is -0.398 e. The molecule has 2 nitrogen and oxygen atoms in total. The van der Waals surface area contributed by atoms with Crippen molar-refractivity contribution in [3.8, 4) is 11.1 Å². The summed E-state index contributed by atoms with van der Waals surface area (Å²) in [5.74, 6) is 0. The number of anilines is 2. The van der Waals surface area contributed by atoms with Gasteiger partial charge in [-0.3, -0.25) is 0 Å². The predicted molar refractivity (Wildman–Crippen MR) is 109 cm³/mol. The van der Waals surface area contributed by atoms with Crippen LogP contribution >= 0.6 is 0 Å². The van der Waals surface area contributed by atoms with E-state index in [1.165, 1.54) is 27.1 Å². The zero-order valence-electron chi connectivity index (χ0n) is 14.0. The van der Waals surface area contributed by atoms with Crippen LogP contribution in [-0.2, 0) is 0 Å². The molecule has 5 rings (SSSR count). The van der Waals surface area contributed by atoms with Crippen LogP contribution in [0.1, 0.15) is 5.56 Å². The first-order valence-corrected chi connectivity index (χ1v) is 8.46. The lowest BCUT2D eigenvalue weighted by atomic mass is 9.89. The van der Waals surface area contributed by atoms with Gasteiger partial charge in [0.2, 0.25) is 0 Å². The summed E-state index contributed by atoms with van der Waals surface area (Å²) in [7, 11) is 0. The van der Waals surface area contributed by atoms with E-state index in [0.29, 0.717) is 0 Å². The summed E-state index contributed by atoms with van der Waals surface area (Å²) in [5, 5.41) is 7.00. The van der Waals surface area contributed by atoms with Gasteiger partial charge >= 0.3 is 0 Å². The summed E-state index contributed by atoms with van der Waals surface area (Å²) in [5.41, 5.74) is 17.9. The van der Waals surface area contributed by atoms with Crippen molar-refractivity contribution >= 4 is 43.7 Å². The summed E-state index contributed by atoms with van der Waals surface area (Å²) in [6, 6.07) is 23.3. The molecule has 2 heteroatoms. The van der Waals surface area contributed by atoms with E-state index >= 15 is 0 Å². The number of benzene rings is 5. The Morgan fingerprint density at radius 1 is 0.640 bits per heavy atom. The lowest BCUT2D eigenvalue weighted by Gasteiger charge is -2.16. The zero-order valence-corrected chi connectivity index (χ0v) is 14.0. The van der Waals surface area contributed by atoms with Crippen molar-refractivity contribution in [3.63, 3.8) is 0 Å². The number of nitrogen functional groups attached to an aromatic ring is 2. The fourth-order valence-corrected chi connectivity index (χ4v) is 3.89. The third-order valence-corrected chi connectivity index (χ3v) is 5.22. The van der Waals surface area contributed by atoms with E-state index in [4.69, 9.17) is 11.5 Å². The second-order valence-electron chi connectivity index (χ2n) is 6.78. The standard InChI is InChI=1S/C23H18N2/c1-13-2-4-14(5-3-13)19-12-16-7-9-17-20(24)11-8-15-6-10-18(23(19)25)22(16)21(15)17/h2-12H,24-25H2,1H3. The molecule has 0 bridgehead atoms. The first kappa shape index (κ1) is 14.1. The summed E-state index contributed by atoms with van der Waals surface area (Å²) in [4.78, 5) is 0. The Morgan fingerprint density at radius 2 is 1.28 bits per heavy atom. The molecule has 5 aromatic carbocycles. The summed E-state index contributed by atoms with van der Waals surface area (Å²) in [6.07, 6.45) is 0. The van der Waals surface area contributed by atoms with Gasteiger partial charge in [-0.1, -0.05) is 60.2 Å². The van der Waals surface area contributed by atoms with Crippen LogP contribution in [0.15, 0.2) is 66.7 Å². The monoisotopic (exact) mass is 322 g/mol. The first-order valence-electron chi connectivity index (χ1n) is 8.46. The van der Waals surface area contributed by atoms with Crippen LogP contribution in [0, 0.1) is 6.92 Å². The molecule has 0 aromatic heterocycles. The minimum absolute atomic E-state index is 0.808. The van der Waals surface area contributed by atoms with Crippen molar-refractivity contribution in [2.24, 2.45) is 0 Å². The van der Waals surface area contributed by atoms with E-state index in [2.05, 4.69) is 67.6 Å². The second kappa shape index (κ2) is 4.87. The van der Waals surface area contributed by atoms with Crippen molar-refractivity contribution < 1.29 is 0 Å². The Hall–Kier alpha value is -3.26. The van der Waals surface area contributed by atoms with E-state index in [1.807, 2.05) is 6.07 Å². The minimum atomic E-state index is 0.808. The SMILES string of the molecule is Cc1ccc(-c2cc3ccc4c(N)ccc5ccc(c2N)c3c54)cc1. The molecule has 0 saturated carbocycles. The number of hydrogen-bond donors (Lipinski definition) is 2. The van der Waals surface area contributed by atoms with E-state index < -0.39 is 0 Å². The molecule has 0 fully saturated rings. The van der Waals surface area contributed by atoms with Crippen LogP contribution in [0.2, 0.25) is 0 Å². The molecule has 0 spiro atoms. The van der Waals surface area contributed by atoms with Crippen molar-refractivity contribution in [2.75, 3.05) is 11.5 Å². The van der Waals surface area contributed by atoms with E-state index in [1.54, 1.807) is 0 Å². The van der Waals surface area contributed by atoms with Crippen molar-refractivity contribution in [1.29, 1.82) is 0 Å². The third-order valence-electron chi connectivity index (χ3n) is 5.22. The molecule has 0 aliphatic rings. The molecule has 4 N–H and O–H groups in total. The van der Waals surface area contributed by atoms with E-state index in [9.17, 15) is 0 Å². The van der Waals surface area contributed by atoms with Gasteiger partial charge in [-0.15, -0.1) is 0 Å². The van der Waals surface area contributed by atoms with Gasteiger partial charge in [0.25, 0.3) is 0 Å². The molecule has 0 radical (unpaired) electrons. The Balaban J connectivity index is 1.95. The average molecular weight is 322 g/mol. The largest absolute Gasteiger partial charge is 0.398 e. The molecule has 120 valence electrons. The lowest BCUT2D eigenvalue weighted by Crippen LogP contribution is -1.95. The number of hydrogen-bond acceptors (Lipinski definition) is 2. The predicted octanol–water partition coefficient (Wildman–Crippen LogP) is 5.72. The molecule has 0 heterocycles. The molecular formula is C23H18N2. The smallest absolute Gasteiger partial charge is 0.0474 e. The number of nitrogens with two attached hydrogens (primary N) is 2. The summed E-state index contributed by atoms with van der Waals surface area (Å²) in [6.45, 7) is 2.10. The maximum absolute atomic E-state index is 6.61. The number of aryl methyl sites for hydroxylation is 1. The molecule has 0 saturated heterocycles. The molecule has 5 aromatic rings. The molecule has 0 atom stereocenters. The first-order chi connectivity index (χ1) is 12.1. The van der Waals surface area contributed by atoms with Crippen molar-refractivity contribution in [2.45, 2.75) is 6.92 Å². The highest BCUT2D eigenvalue weighted by molar-refractivity contribution is 6.28. The Kier molecular flexibility index (Phi) is 2.75. The highest BCUT2D eigenvalue weighted by Gasteiger charge is 2.14. The van der Waals surface area contributed by atoms with Gasteiger partial charge in [-0.2, -0.15) is 0 Å². The van der Waals surface area contributed by atoms with Crippen LogP contribution in [-0.4, -0.2) is 0 Å². The Morgan fingerprint density at radius 3 is 2.08 bits per heavy atom. The van der Waals surface area contributed by atoms with Crippen molar-refractivity contribution in [1.82, 2.24) is 0 Å². The molecule has 0 amide bonds. The van der Waals surface area contributed by atoms with Gasteiger partial charge in [0.1, 0.15) is 0 Å². The second-order valence-corrected chi connectivity index (χ2v) is 6.78. The van der Waals surface area contributed by atoms with Crippen LogP contribution < -0.4 is 11.5 Å². The van der Waals surface area contributed by atoms with Crippen LogP contribution in [0.4, 0.5) is 11.4 Å². The Bertz CT molecular complexity index is 1250. The lowest BCUT2D eigenvalue weighted by molar-refractivity contribution is 1.47. The van der Waals surface area contributed by atoms with E-state index in [0.717, 1.165) is 33.3 Å². The fourth-order valence-electron chi connectivity index (χ4n) is 3.89. The van der Waals surface area contributed by atoms with Gasteiger partial charge in [-0.25, -0.2) is 0 Å². The quantitative estimate of drug-likeness (QED) is 0.306. The summed E-state index contributed by atoms with van der Waals surface area (Å²) >= 11 is 0. The maximum atomic E-state index is 6.61. The van der Waals surface area contributed by atoms with Gasteiger partial charge in [0, 0.05) is 27.7 Å². The maximum Gasteiger partial charge on any atom is 0.0474 e. The van der Waals surface area contributed by atoms with Gasteiger partial charge in [-0.05, 0) is 46.2 Å². The van der Waals surface area contributed by atoms with Gasteiger partial charge in [0.15, 0.2) is 0 Å². The summed E-state index contributed by atoms with van der Waals surface area (Å²) < 4.78 is 0. The third kappa shape index (κ3) is 1.91.